The summed E-state index contributed by atoms with van der Waals surface area (Å²) in [7, 11) is 3.33. The Balaban J connectivity index is 1.58. The number of halogens is 1. The fourth-order valence-corrected chi connectivity index (χ4v) is 4.20. The van der Waals surface area contributed by atoms with Gasteiger partial charge in [-0.15, -0.1) is 0 Å². The predicted octanol–water partition coefficient (Wildman–Crippen LogP) is 5.60. The monoisotopic (exact) mass is 420 g/mol. The van der Waals surface area contributed by atoms with Crippen LogP contribution in [-0.4, -0.2) is 24.9 Å². The van der Waals surface area contributed by atoms with E-state index in [1.807, 2.05) is 65.7 Å². The molecule has 0 N–H and O–H groups in total. The Kier molecular flexibility index (Phi) is 4.75. The minimum absolute atomic E-state index is 0.0424. The largest absolute Gasteiger partial charge is 0.497 e. The van der Waals surface area contributed by atoms with Gasteiger partial charge in [0, 0.05) is 28.1 Å². The van der Waals surface area contributed by atoms with Gasteiger partial charge in [-0.1, -0.05) is 23.7 Å². The van der Waals surface area contributed by atoms with Gasteiger partial charge in [-0.25, -0.2) is 5.01 Å². The molecular weight excluding hydrogens is 400 g/mol. The number of rotatable bonds is 4. The van der Waals surface area contributed by atoms with Crippen LogP contribution in [0.25, 0.3) is 0 Å². The third-order valence-electron chi connectivity index (χ3n) is 5.56. The van der Waals surface area contributed by atoms with Gasteiger partial charge < -0.3 is 14.2 Å². The molecule has 0 aliphatic carbocycles. The lowest BCUT2D eigenvalue weighted by Gasteiger charge is -2.38. The fourth-order valence-electron chi connectivity index (χ4n) is 4.02. The Bertz CT molecular complexity index is 1110. The molecule has 6 heteroatoms. The average Bonchev–Trinajstić information content (AvgIpc) is 3.25. The number of nitrogens with zero attached hydrogens (tertiary/aromatic N) is 2. The van der Waals surface area contributed by atoms with Crippen molar-refractivity contribution in [3.05, 3.63) is 88.4 Å². The van der Waals surface area contributed by atoms with Crippen molar-refractivity contribution in [3.8, 4) is 17.2 Å². The van der Waals surface area contributed by atoms with Gasteiger partial charge >= 0.3 is 0 Å². The van der Waals surface area contributed by atoms with Crippen LogP contribution in [0.5, 0.6) is 17.2 Å². The van der Waals surface area contributed by atoms with Crippen LogP contribution < -0.4 is 14.2 Å². The number of hydrogen-bond acceptors (Lipinski definition) is 5. The quantitative estimate of drug-likeness (QED) is 0.551. The van der Waals surface area contributed by atoms with Crippen LogP contribution in [0, 0.1) is 0 Å². The van der Waals surface area contributed by atoms with Crippen molar-refractivity contribution in [1.82, 2.24) is 5.01 Å². The first-order chi connectivity index (χ1) is 14.7. The van der Waals surface area contributed by atoms with Gasteiger partial charge in [-0.05, 0) is 54.6 Å². The molecule has 0 bridgehead atoms. The highest BCUT2D eigenvalue weighted by Crippen LogP contribution is 2.48. The van der Waals surface area contributed by atoms with Gasteiger partial charge in [0.15, 0.2) is 0 Å². The van der Waals surface area contributed by atoms with E-state index in [2.05, 4.69) is 6.07 Å². The Morgan fingerprint density at radius 2 is 1.77 bits per heavy atom. The first-order valence-electron chi connectivity index (χ1n) is 9.76. The summed E-state index contributed by atoms with van der Waals surface area (Å²) in [6.45, 7) is 0. The molecule has 0 radical (unpaired) electrons. The molecule has 0 saturated heterocycles. The van der Waals surface area contributed by atoms with Crippen LogP contribution in [-0.2, 0) is 0 Å². The van der Waals surface area contributed by atoms with Crippen molar-refractivity contribution in [2.45, 2.75) is 18.7 Å². The summed E-state index contributed by atoms with van der Waals surface area (Å²) >= 11 is 6.30. The van der Waals surface area contributed by atoms with E-state index in [-0.39, 0.29) is 12.3 Å². The molecule has 0 spiro atoms. The zero-order valence-electron chi connectivity index (χ0n) is 16.7. The van der Waals surface area contributed by atoms with E-state index >= 15 is 0 Å². The normalized spacial score (nSPS) is 19.4. The molecule has 2 aliphatic rings. The first-order valence-corrected chi connectivity index (χ1v) is 10.1. The number of methoxy groups -OCH3 is 2. The van der Waals surface area contributed by atoms with E-state index in [1.54, 1.807) is 14.2 Å². The molecule has 152 valence electrons. The smallest absolute Gasteiger partial charge is 0.213 e. The minimum Gasteiger partial charge on any atom is -0.497 e. The van der Waals surface area contributed by atoms with Crippen LogP contribution in [0.2, 0.25) is 5.02 Å². The number of benzene rings is 3. The molecular formula is C24H21ClN2O3. The molecule has 30 heavy (non-hydrogen) atoms. The molecule has 5 rings (SSSR count). The van der Waals surface area contributed by atoms with Gasteiger partial charge in [0.2, 0.25) is 6.23 Å². The molecule has 3 aromatic carbocycles. The Morgan fingerprint density at radius 1 is 0.967 bits per heavy atom. The molecule has 0 aromatic heterocycles. The van der Waals surface area contributed by atoms with Crippen LogP contribution >= 0.6 is 11.6 Å². The van der Waals surface area contributed by atoms with E-state index in [4.69, 9.17) is 30.9 Å². The molecule has 0 amide bonds. The summed E-state index contributed by atoms with van der Waals surface area (Å²) in [6, 6.07) is 21.7. The van der Waals surface area contributed by atoms with Crippen LogP contribution in [0.3, 0.4) is 0 Å². The topological polar surface area (TPSA) is 43.3 Å². The zero-order valence-corrected chi connectivity index (χ0v) is 17.5. The molecule has 0 unspecified atom stereocenters. The number of fused-ring (bicyclic) bond motifs is 3. The standard InChI is InChI=1S/C24H21ClN2O3/c1-28-18-9-6-15(7-10-18)24-27-22(20-13-17(25)8-11-23(20)30-24)14-21(26-27)16-4-3-5-19(12-16)29-2/h3-13,22,24H,14H2,1-2H3/t22-,24+/m0/s1. The molecule has 2 aliphatic heterocycles. The summed E-state index contributed by atoms with van der Waals surface area (Å²) < 4.78 is 17.1. The number of ether oxygens (including phenoxy) is 3. The predicted molar refractivity (Wildman–Crippen MR) is 117 cm³/mol. The second-order valence-corrected chi connectivity index (χ2v) is 7.74. The average molecular weight is 421 g/mol. The van der Waals surface area contributed by atoms with Gasteiger partial charge in [0.25, 0.3) is 0 Å². The maximum absolute atomic E-state index is 6.38. The molecule has 0 fully saturated rings. The summed E-state index contributed by atoms with van der Waals surface area (Å²) in [6.07, 6.45) is 0.425. The molecule has 2 atom stereocenters. The maximum Gasteiger partial charge on any atom is 0.213 e. The number of hydrazone groups is 1. The summed E-state index contributed by atoms with van der Waals surface area (Å²) in [5, 5.41) is 7.71. The van der Waals surface area contributed by atoms with E-state index in [0.29, 0.717) is 5.02 Å². The van der Waals surface area contributed by atoms with Crippen molar-refractivity contribution in [1.29, 1.82) is 0 Å². The number of hydrogen-bond donors (Lipinski definition) is 0. The SMILES string of the molecule is COc1ccc([C@H]2Oc3ccc(Cl)cc3[C@@H]3CC(c4cccc(OC)c4)=NN23)cc1. The van der Waals surface area contributed by atoms with E-state index in [1.165, 1.54) is 0 Å². The highest BCUT2D eigenvalue weighted by molar-refractivity contribution is 6.30. The van der Waals surface area contributed by atoms with Crippen molar-refractivity contribution in [2.75, 3.05) is 14.2 Å². The van der Waals surface area contributed by atoms with E-state index in [0.717, 1.165) is 46.1 Å². The van der Waals surface area contributed by atoms with Crippen molar-refractivity contribution >= 4 is 17.3 Å². The summed E-state index contributed by atoms with van der Waals surface area (Å²) in [5.41, 5.74) is 4.10. The van der Waals surface area contributed by atoms with Gasteiger partial charge in [0.05, 0.1) is 26.0 Å². The second kappa shape index (κ2) is 7.58. The zero-order chi connectivity index (χ0) is 20.7. The summed E-state index contributed by atoms with van der Waals surface area (Å²) in [4.78, 5) is 0. The maximum atomic E-state index is 6.38. The van der Waals surface area contributed by atoms with Gasteiger partial charge in [-0.2, -0.15) is 5.10 Å². The third kappa shape index (κ3) is 3.25. The highest BCUT2D eigenvalue weighted by atomic mass is 35.5. The van der Waals surface area contributed by atoms with Crippen LogP contribution in [0.4, 0.5) is 0 Å². The second-order valence-electron chi connectivity index (χ2n) is 7.30. The van der Waals surface area contributed by atoms with Crippen LogP contribution in [0.15, 0.2) is 71.8 Å². The van der Waals surface area contributed by atoms with Crippen molar-refractivity contribution < 1.29 is 14.2 Å². The van der Waals surface area contributed by atoms with Crippen molar-refractivity contribution in [2.24, 2.45) is 5.10 Å². The van der Waals surface area contributed by atoms with E-state index < -0.39 is 0 Å². The summed E-state index contributed by atoms with van der Waals surface area (Å²) in [5.74, 6) is 2.45. The van der Waals surface area contributed by atoms with Gasteiger partial charge in [0.1, 0.15) is 17.2 Å². The lowest BCUT2D eigenvalue weighted by molar-refractivity contribution is -0.0190. The molecule has 3 aromatic rings. The lowest BCUT2D eigenvalue weighted by Crippen LogP contribution is -2.33. The van der Waals surface area contributed by atoms with Gasteiger partial charge in [-0.3, -0.25) is 0 Å². The third-order valence-corrected chi connectivity index (χ3v) is 5.79. The molecule has 0 saturated carbocycles. The highest BCUT2D eigenvalue weighted by Gasteiger charge is 2.41. The molecule has 5 nitrogen and oxygen atoms in total. The Hall–Kier alpha value is -3.18. The minimum atomic E-state index is -0.335. The Morgan fingerprint density at radius 3 is 2.53 bits per heavy atom. The molecule has 2 heterocycles. The van der Waals surface area contributed by atoms with Crippen molar-refractivity contribution in [3.63, 3.8) is 0 Å². The van der Waals surface area contributed by atoms with E-state index in [9.17, 15) is 0 Å². The lowest BCUT2D eigenvalue weighted by atomic mass is 9.96. The Labute approximate surface area is 180 Å². The first kappa shape index (κ1) is 18.8. The fraction of sp³-hybridized carbons (Fsp3) is 0.208. The van der Waals surface area contributed by atoms with Crippen LogP contribution in [0.1, 0.15) is 35.4 Å².